The molecule has 34 heavy (non-hydrogen) atoms. The van der Waals surface area contributed by atoms with Crippen molar-refractivity contribution in [2.24, 2.45) is 0 Å². The molecule has 0 bridgehead atoms. The number of aromatic nitrogens is 2. The third kappa shape index (κ3) is 6.74. The average Bonchev–Trinajstić information content (AvgIpc) is 3.37. The van der Waals surface area contributed by atoms with Gasteiger partial charge < -0.3 is 29.6 Å². The van der Waals surface area contributed by atoms with Crippen LogP contribution in [0.5, 0.6) is 11.5 Å². The lowest BCUT2D eigenvalue weighted by atomic mass is 10.2. The van der Waals surface area contributed by atoms with Gasteiger partial charge in [-0.1, -0.05) is 12.1 Å². The Morgan fingerprint density at radius 1 is 0.971 bits per heavy atom. The van der Waals surface area contributed by atoms with Crippen molar-refractivity contribution < 1.29 is 9.47 Å². The molecular formula is C26H33N5O3. The molecule has 0 saturated carbocycles. The molecule has 8 heteroatoms. The summed E-state index contributed by atoms with van der Waals surface area (Å²) in [7, 11) is 1.65. The minimum Gasteiger partial charge on any atom is -0.493 e. The van der Waals surface area contributed by atoms with Crippen molar-refractivity contribution in [3.05, 3.63) is 71.1 Å². The van der Waals surface area contributed by atoms with Gasteiger partial charge in [0.15, 0.2) is 11.5 Å². The number of anilines is 3. The van der Waals surface area contributed by atoms with Crippen LogP contribution in [-0.2, 0) is 6.54 Å². The summed E-state index contributed by atoms with van der Waals surface area (Å²) in [6, 6.07) is 16.7. The highest BCUT2D eigenvalue weighted by Crippen LogP contribution is 2.31. The summed E-state index contributed by atoms with van der Waals surface area (Å²) in [6.45, 7) is 5.29. The SMILES string of the molecule is COc1ccc(Nc2cccc(NCCn3ccccc3=O)n2)cc1OCCCN1CCCC1. The largest absolute Gasteiger partial charge is 0.493 e. The lowest BCUT2D eigenvalue weighted by Gasteiger charge is -2.16. The van der Waals surface area contributed by atoms with Gasteiger partial charge in [-0.25, -0.2) is 4.98 Å². The molecule has 0 amide bonds. The van der Waals surface area contributed by atoms with E-state index in [0.717, 1.165) is 30.2 Å². The summed E-state index contributed by atoms with van der Waals surface area (Å²) in [5, 5.41) is 6.61. The van der Waals surface area contributed by atoms with Gasteiger partial charge in [-0.3, -0.25) is 4.79 Å². The molecule has 3 heterocycles. The van der Waals surface area contributed by atoms with E-state index in [9.17, 15) is 4.79 Å². The number of hydrogen-bond donors (Lipinski definition) is 2. The molecule has 8 nitrogen and oxygen atoms in total. The molecule has 1 aliphatic heterocycles. The molecule has 3 aromatic rings. The molecule has 0 atom stereocenters. The molecule has 1 saturated heterocycles. The van der Waals surface area contributed by atoms with Crippen molar-refractivity contribution >= 4 is 17.3 Å². The van der Waals surface area contributed by atoms with Gasteiger partial charge in [-0.05, 0) is 62.7 Å². The first-order valence-electron chi connectivity index (χ1n) is 11.9. The van der Waals surface area contributed by atoms with E-state index in [1.807, 2.05) is 42.5 Å². The van der Waals surface area contributed by atoms with Crippen molar-refractivity contribution in [3.8, 4) is 11.5 Å². The molecule has 1 aliphatic rings. The molecule has 180 valence electrons. The fraction of sp³-hybridized carbons (Fsp3) is 0.385. The fourth-order valence-electron chi connectivity index (χ4n) is 4.04. The predicted molar refractivity (Wildman–Crippen MR) is 135 cm³/mol. The third-order valence-corrected chi connectivity index (χ3v) is 5.82. The van der Waals surface area contributed by atoms with Gasteiger partial charge >= 0.3 is 0 Å². The third-order valence-electron chi connectivity index (χ3n) is 5.82. The first kappa shape index (κ1) is 23.6. The van der Waals surface area contributed by atoms with Crippen molar-refractivity contribution in [1.82, 2.24) is 14.5 Å². The molecule has 0 unspecified atom stereocenters. The smallest absolute Gasteiger partial charge is 0.250 e. The Bertz CT molecular complexity index is 1110. The van der Waals surface area contributed by atoms with E-state index in [4.69, 9.17) is 9.47 Å². The van der Waals surface area contributed by atoms with E-state index < -0.39 is 0 Å². The maximum absolute atomic E-state index is 11.8. The Kier molecular flexibility index (Phi) is 8.40. The first-order chi connectivity index (χ1) is 16.7. The fourth-order valence-corrected chi connectivity index (χ4v) is 4.04. The van der Waals surface area contributed by atoms with E-state index in [0.29, 0.717) is 31.3 Å². The topological polar surface area (TPSA) is 80.7 Å². The van der Waals surface area contributed by atoms with Gasteiger partial charge in [0, 0.05) is 43.7 Å². The van der Waals surface area contributed by atoms with Crippen LogP contribution in [0.3, 0.4) is 0 Å². The summed E-state index contributed by atoms with van der Waals surface area (Å²) in [5.74, 6) is 2.88. The number of nitrogens with one attached hydrogen (secondary N) is 2. The van der Waals surface area contributed by atoms with Gasteiger partial charge in [-0.2, -0.15) is 0 Å². The van der Waals surface area contributed by atoms with Crippen LogP contribution in [0.1, 0.15) is 19.3 Å². The summed E-state index contributed by atoms with van der Waals surface area (Å²) in [4.78, 5) is 18.9. The van der Waals surface area contributed by atoms with Crippen LogP contribution in [0, 0.1) is 0 Å². The Morgan fingerprint density at radius 3 is 2.65 bits per heavy atom. The highest BCUT2D eigenvalue weighted by Gasteiger charge is 2.11. The van der Waals surface area contributed by atoms with Crippen LogP contribution >= 0.6 is 0 Å². The summed E-state index contributed by atoms with van der Waals surface area (Å²) < 4.78 is 13.2. The summed E-state index contributed by atoms with van der Waals surface area (Å²) in [5.41, 5.74) is 0.858. The summed E-state index contributed by atoms with van der Waals surface area (Å²) in [6.07, 6.45) is 5.39. The second-order valence-corrected chi connectivity index (χ2v) is 8.31. The zero-order valence-corrected chi connectivity index (χ0v) is 19.7. The second kappa shape index (κ2) is 12.1. The number of ether oxygens (including phenoxy) is 2. The van der Waals surface area contributed by atoms with Crippen LogP contribution in [0.15, 0.2) is 65.6 Å². The molecule has 2 aromatic heterocycles. The Labute approximate surface area is 200 Å². The van der Waals surface area contributed by atoms with Crippen molar-refractivity contribution in [1.29, 1.82) is 0 Å². The van der Waals surface area contributed by atoms with E-state index in [1.54, 1.807) is 30.0 Å². The van der Waals surface area contributed by atoms with Gasteiger partial charge in [0.1, 0.15) is 11.6 Å². The van der Waals surface area contributed by atoms with Crippen molar-refractivity contribution in [3.63, 3.8) is 0 Å². The van der Waals surface area contributed by atoms with Crippen LogP contribution in [-0.4, -0.2) is 54.3 Å². The van der Waals surface area contributed by atoms with Crippen molar-refractivity contribution in [2.45, 2.75) is 25.8 Å². The number of methoxy groups -OCH3 is 1. The second-order valence-electron chi connectivity index (χ2n) is 8.31. The zero-order chi connectivity index (χ0) is 23.6. The van der Waals surface area contributed by atoms with Gasteiger partial charge in [0.25, 0.3) is 5.56 Å². The maximum atomic E-state index is 11.8. The standard InChI is InChI=1S/C26H33N5O3/c1-33-22-12-11-21(20-23(22)34-19-7-16-30-14-4-5-15-30)28-25-9-6-8-24(29-25)27-13-18-31-17-3-2-10-26(31)32/h2-3,6,8-12,17,20H,4-5,7,13-16,18-19H2,1H3,(H2,27,28,29). The zero-order valence-electron chi connectivity index (χ0n) is 19.7. The van der Waals surface area contributed by atoms with Gasteiger partial charge in [-0.15, -0.1) is 0 Å². The van der Waals surface area contributed by atoms with Crippen LogP contribution in [0.25, 0.3) is 0 Å². The number of rotatable bonds is 12. The quantitative estimate of drug-likeness (QED) is 0.393. The van der Waals surface area contributed by atoms with Crippen molar-refractivity contribution in [2.75, 3.05) is 50.5 Å². The maximum Gasteiger partial charge on any atom is 0.250 e. The van der Waals surface area contributed by atoms with Crippen LogP contribution < -0.4 is 25.7 Å². The number of nitrogens with zero attached hydrogens (tertiary/aromatic N) is 3. The number of pyridine rings is 2. The minimum atomic E-state index is -0.0127. The van der Waals surface area contributed by atoms with Crippen LogP contribution in [0.4, 0.5) is 17.3 Å². The van der Waals surface area contributed by atoms with E-state index in [-0.39, 0.29) is 5.56 Å². The molecule has 0 aliphatic carbocycles. The van der Waals surface area contributed by atoms with Crippen LogP contribution in [0.2, 0.25) is 0 Å². The number of hydrogen-bond acceptors (Lipinski definition) is 7. The Hall–Kier alpha value is -3.52. The molecule has 2 N–H and O–H groups in total. The Balaban J connectivity index is 1.32. The normalized spacial score (nSPS) is 13.6. The first-order valence-corrected chi connectivity index (χ1v) is 11.9. The minimum absolute atomic E-state index is 0.0127. The van der Waals surface area contributed by atoms with E-state index >= 15 is 0 Å². The molecule has 0 radical (unpaired) electrons. The average molecular weight is 464 g/mol. The van der Waals surface area contributed by atoms with E-state index in [1.165, 1.54) is 25.9 Å². The predicted octanol–water partition coefficient (Wildman–Crippen LogP) is 3.97. The van der Waals surface area contributed by atoms with Gasteiger partial charge in [0.2, 0.25) is 0 Å². The lowest BCUT2D eigenvalue weighted by molar-refractivity contribution is 0.254. The molecule has 4 rings (SSSR count). The highest BCUT2D eigenvalue weighted by atomic mass is 16.5. The van der Waals surface area contributed by atoms with Gasteiger partial charge in [0.05, 0.1) is 13.7 Å². The number of benzene rings is 1. The number of likely N-dealkylation sites (tertiary alicyclic amines) is 1. The molecule has 0 spiro atoms. The molecule has 1 aromatic carbocycles. The Morgan fingerprint density at radius 2 is 1.82 bits per heavy atom. The highest BCUT2D eigenvalue weighted by molar-refractivity contribution is 5.62. The monoisotopic (exact) mass is 463 g/mol. The lowest BCUT2D eigenvalue weighted by Crippen LogP contribution is -2.22. The summed E-state index contributed by atoms with van der Waals surface area (Å²) >= 11 is 0. The molecular weight excluding hydrogens is 430 g/mol. The molecule has 1 fully saturated rings. The van der Waals surface area contributed by atoms with E-state index in [2.05, 4.69) is 20.5 Å².